The number of allylic oxidation sites excluding steroid dienone is 1. The monoisotopic (exact) mass is 186 g/mol. The Morgan fingerprint density at radius 2 is 1.46 bits per heavy atom. The Hall–Kier alpha value is -0.340. The number of hydrogen-bond donors (Lipinski definition) is 2. The molecule has 0 aromatic rings. The first-order chi connectivity index (χ1) is 6.27. The maximum absolute atomic E-state index is 8.57. The summed E-state index contributed by atoms with van der Waals surface area (Å²) in [6.45, 7) is 3.67. The third-order valence-electron chi connectivity index (χ3n) is 2.12. The molecular formula is C11H22O2. The normalized spacial score (nSPS) is 10.7. The molecule has 0 saturated heterocycles. The first-order valence-corrected chi connectivity index (χ1v) is 5.24. The van der Waals surface area contributed by atoms with Crippen LogP contribution in [0, 0.1) is 0 Å². The van der Waals surface area contributed by atoms with E-state index in [9.17, 15) is 0 Å². The number of rotatable bonds is 9. The summed E-state index contributed by atoms with van der Waals surface area (Å²) < 4.78 is 0. The van der Waals surface area contributed by atoms with Crippen molar-refractivity contribution < 1.29 is 10.2 Å². The Morgan fingerprint density at radius 3 is 2.00 bits per heavy atom. The average Bonchev–Trinajstić information content (AvgIpc) is 2.09. The van der Waals surface area contributed by atoms with E-state index >= 15 is 0 Å². The van der Waals surface area contributed by atoms with Gasteiger partial charge in [-0.3, -0.25) is 0 Å². The van der Waals surface area contributed by atoms with Crippen molar-refractivity contribution in [2.75, 3.05) is 0 Å². The van der Waals surface area contributed by atoms with Crippen LogP contribution in [0.3, 0.4) is 0 Å². The number of hydrogen-bond acceptors (Lipinski definition) is 2. The molecule has 0 radical (unpaired) electrons. The van der Waals surface area contributed by atoms with Gasteiger partial charge in [-0.1, -0.05) is 31.8 Å². The minimum Gasteiger partial charge on any atom is -0.368 e. The SMILES string of the molecule is C=CCCCCCCCCC(O)O. The van der Waals surface area contributed by atoms with E-state index in [1.54, 1.807) is 0 Å². The molecule has 2 heteroatoms. The highest BCUT2D eigenvalue weighted by molar-refractivity contribution is 4.65. The molecule has 0 amide bonds. The van der Waals surface area contributed by atoms with Crippen LogP contribution in [-0.4, -0.2) is 16.5 Å². The minimum absolute atomic E-state index is 0.520. The number of aliphatic hydroxyl groups is 2. The highest BCUT2D eigenvalue weighted by Gasteiger charge is 1.96. The van der Waals surface area contributed by atoms with Gasteiger partial charge in [0.15, 0.2) is 6.29 Å². The second-order valence-corrected chi connectivity index (χ2v) is 3.47. The molecule has 0 unspecified atom stereocenters. The smallest absolute Gasteiger partial charge is 0.151 e. The highest BCUT2D eigenvalue weighted by atomic mass is 16.5. The van der Waals surface area contributed by atoms with Gasteiger partial charge in [-0.25, -0.2) is 0 Å². The second kappa shape index (κ2) is 9.75. The van der Waals surface area contributed by atoms with Crippen molar-refractivity contribution in [2.24, 2.45) is 0 Å². The van der Waals surface area contributed by atoms with Crippen LogP contribution < -0.4 is 0 Å². The fourth-order valence-electron chi connectivity index (χ4n) is 1.32. The van der Waals surface area contributed by atoms with Crippen LogP contribution in [0.25, 0.3) is 0 Å². The first kappa shape index (κ1) is 12.7. The van der Waals surface area contributed by atoms with Crippen molar-refractivity contribution in [3.8, 4) is 0 Å². The topological polar surface area (TPSA) is 40.5 Å². The molecule has 0 aliphatic heterocycles. The maximum atomic E-state index is 8.57. The minimum atomic E-state index is -1.11. The molecule has 0 aromatic carbocycles. The summed E-state index contributed by atoms with van der Waals surface area (Å²) in [6.07, 6.45) is 9.52. The fourth-order valence-corrected chi connectivity index (χ4v) is 1.32. The van der Waals surface area contributed by atoms with E-state index in [2.05, 4.69) is 6.58 Å². The van der Waals surface area contributed by atoms with Gasteiger partial charge in [0, 0.05) is 0 Å². The molecule has 0 spiro atoms. The van der Waals surface area contributed by atoms with Crippen molar-refractivity contribution >= 4 is 0 Å². The third-order valence-corrected chi connectivity index (χ3v) is 2.12. The number of aliphatic hydroxyl groups excluding tert-OH is 1. The van der Waals surface area contributed by atoms with Crippen LogP contribution >= 0.6 is 0 Å². The van der Waals surface area contributed by atoms with Crippen molar-refractivity contribution in [3.05, 3.63) is 12.7 Å². The van der Waals surface area contributed by atoms with Crippen LogP contribution in [-0.2, 0) is 0 Å². The van der Waals surface area contributed by atoms with Crippen LogP contribution in [0.15, 0.2) is 12.7 Å². The maximum Gasteiger partial charge on any atom is 0.151 e. The Morgan fingerprint density at radius 1 is 0.923 bits per heavy atom. The standard InChI is InChI=1S/C11H22O2/c1-2-3-4-5-6-7-8-9-10-11(12)13/h2,11-13H,1,3-10H2. The summed E-state index contributed by atoms with van der Waals surface area (Å²) in [5.74, 6) is 0. The van der Waals surface area contributed by atoms with E-state index in [0.29, 0.717) is 6.42 Å². The second-order valence-electron chi connectivity index (χ2n) is 3.47. The zero-order valence-corrected chi connectivity index (χ0v) is 8.41. The van der Waals surface area contributed by atoms with Crippen molar-refractivity contribution in [1.29, 1.82) is 0 Å². The highest BCUT2D eigenvalue weighted by Crippen LogP contribution is 2.09. The first-order valence-electron chi connectivity index (χ1n) is 5.24. The Balaban J connectivity index is 2.87. The molecule has 0 rings (SSSR count). The third kappa shape index (κ3) is 11.7. The van der Waals surface area contributed by atoms with E-state index in [0.717, 1.165) is 19.3 Å². The van der Waals surface area contributed by atoms with E-state index < -0.39 is 6.29 Å². The molecule has 0 heterocycles. The Labute approximate surface area is 81.3 Å². The van der Waals surface area contributed by atoms with Crippen LogP contribution in [0.1, 0.15) is 51.4 Å². The van der Waals surface area contributed by atoms with Gasteiger partial charge in [0.05, 0.1) is 0 Å². The van der Waals surface area contributed by atoms with Crippen molar-refractivity contribution in [1.82, 2.24) is 0 Å². The quantitative estimate of drug-likeness (QED) is 0.330. The largest absolute Gasteiger partial charge is 0.368 e. The van der Waals surface area contributed by atoms with Gasteiger partial charge in [-0.2, -0.15) is 0 Å². The molecule has 13 heavy (non-hydrogen) atoms. The van der Waals surface area contributed by atoms with E-state index in [4.69, 9.17) is 10.2 Å². The lowest BCUT2D eigenvalue weighted by molar-refractivity contribution is -0.0466. The summed E-state index contributed by atoms with van der Waals surface area (Å²) in [4.78, 5) is 0. The van der Waals surface area contributed by atoms with E-state index in [-0.39, 0.29) is 0 Å². The molecular weight excluding hydrogens is 164 g/mol. The lowest BCUT2D eigenvalue weighted by Crippen LogP contribution is -2.02. The summed E-state index contributed by atoms with van der Waals surface area (Å²) in [6, 6.07) is 0. The lowest BCUT2D eigenvalue weighted by Gasteiger charge is -2.02. The average molecular weight is 186 g/mol. The van der Waals surface area contributed by atoms with E-state index in [1.807, 2.05) is 6.08 Å². The summed E-state index contributed by atoms with van der Waals surface area (Å²) in [7, 11) is 0. The zero-order chi connectivity index (χ0) is 9.94. The predicted octanol–water partition coefficient (Wildman–Crippen LogP) is 2.60. The molecule has 0 aliphatic carbocycles. The molecule has 0 saturated carbocycles. The zero-order valence-electron chi connectivity index (χ0n) is 8.41. The summed E-state index contributed by atoms with van der Waals surface area (Å²) in [5.41, 5.74) is 0. The van der Waals surface area contributed by atoms with Crippen molar-refractivity contribution in [2.45, 2.75) is 57.7 Å². The summed E-state index contributed by atoms with van der Waals surface area (Å²) >= 11 is 0. The fraction of sp³-hybridized carbons (Fsp3) is 0.818. The summed E-state index contributed by atoms with van der Waals surface area (Å²) in [5, 5.41) is 17.1. The van der Waals surface area contributed by atoms with E-state index in [1.165, 1.54) is 25.7 Å². The van der Waals surface area contributed by atoms with Gasteiger partial charge in [-0.05, 0) is 25.7 Å². The predicted molar refractivity (Wildman–Crippen MR) is 55.4 cm³/mol. The van der Waals surface area contributed by atoms with Gasteiger partial charge >= 0.3 is 0 Å². The van der Waals surface area contributed by atoms with Gasteiger partial charge in [0.2, 0.25) is 0 Å². The molecule has 0 aromatic heterocycles. The Kier molecular flexibility index (Phi) is 9.49. The number of unbranched alkanes of at least 4 members (excludes halogenated alkanes) is 6. The molecule has 0 atom stereocenters. The molecule has 2 nitrogen and oxygen atoms in total. The van der Waals surface area contributed by atoms with Gasteiger partial charge in [0.1, 0.15) is 0 Å². The molecule has 0 bridgehead atoms. The van der Waals surface area contributed by atoms with Gasteiger partial charge in [0.25, 0.3) is 0 Å². The van der Waals surface area contributed by atoms with Crippen LogP contribution in [0.2, 0.25) is 0 Å². The molecule has 0 fully saturated rings. The molecule has 78 valence electrons. The van der Waals surface area contributed by atoms with Crippen LogP contribution in [0.4, 0.5) is 0 Å². The molecule has 0 aliphatic rings. The van der Waals surface area contributed by atoms with Gasteiger partial charge in [-0.15, -0.1) is 6.58 Å². The van der Waals surface area contributed by atoms with Crippen molar-refractivity contribution in [3.63, 3.8) is 0 Å². The van der Waals surface area contributed by atoms with Gasteiger partial charge < -0.3 is 10.2 Å². The lowest BCUT2D eigenvalue weighted by atomic mass is 10.1. The molecule has 2 N–H and O–H groups in total. The van der Waals surface area contributed by atoms with Crippen LogP contribution in [0.5, 0.6) is 0 Å². The Bertz CT molecular complexity index is 111.